The predicted molar refractivity (Wildman–Crippen MR) is 97.2 cm³/mol. The van der Waals surface area contributed by atoms with Crippen molar-refractivity contribution in [2.45, 2.75) is 31.3 Å². The number of carbonyl (C=O) groups is 3. The number of hydrogen-bond acceptors (Lipinski definition) is 4. The molecule has 152 valence electrons. The summed E-state index contributed by atoms with van der Waals surface area (Å²) in [6.07, 6.45) is 1.72. The number of halogens is 2. The van der Waals surface area contributed by atoms with Gasteiger partial charge >= 0.3 is 6.03 Å². The van der Waals surface area contributed by atoms with Gasteiger partial charge in [0.05, 0.1) is 6.04 Å². The van der Waals surface area contributed by atoms with Crippen LogP contribution in [0.5, 0.6) is 0 Å². The lowest BCUT2D eigenvalue weighted by molar-refractivity contribution is -0.135. The van der Waals surface area contributed by atoms with Gasteiger partial charge in [-0.3, -0.25) is 14.5 Å². The van der Waals surface area contributed by atoms with Gasteiger partial charge in [-0.1, -0.05) is 6.07 Å². The number of amides is 4. The van der Waals surface area contributed by atoms with Crippen LogP contribution >= 0.6 is 0 Å². The first-order chi connectivity index (χ1) is 13.1. The van der Waals surface area contributed by atoms with E-state index in [1.807, 2.05) is 0 Å². The summed E-state index contributed by atoms with van der Waals surface area (Å²) in [6, 6.07) is 2.24. The number of hydrogen-bond donors (Lipinski definition) is 2. The lowest BCUT2D eigenvalue weighted by atomic mass is 9.96. The second kappa shape index (κ2) is 7.46. The maximum atomic E-state index is 14.1. The standard InChI is InChI=1S/C19H24F2N4O3/c1-19(11-7-8-11)17(27)25(18(28)23-19)10-15(26)22-9-14(24(2)3)16-12(20)5-4-6-13(16)21/h4-6,11,14H,7-10H2,1-3H3,(H,22,26)(H,23,28). The lowest BCUT2D eigenvalue weighted by Crippen LogP contribution is -2.47. The van der Waals surface area contributed by atoms with E-state index in [2.05, 4.69) is 10.6 Å². The summed E-state index contributed by atoms with van der Waals surface area (Å²) in [5.74, 6) is -2.31. The number of likely N-dealkylation sites (N-methyl/N-ethyl adjacent to an activating group) is 1. The van der Waals surface area contributed by atoms with Gasteiger partial charge in [-0.15, -0.1) is 0 Å². The van der Waals surface area contributed by atoms with E-state index < -0.39 is 47.6 Å². The molecule has 2 atom stereocenters. The van der Waals surface area contributed by atoms with E-state index in [9.17, 15) is 23.2 Å². The number of nitrogens with zero attached hydrogens (tertiary/aromatic N) is 2. The zero-order valence-electron chi connectivity index (χ0n) is 16.1. The van der Waals surface area contributed by atoms with Crippen LogP contribution in [0.3, 0.4) is 0 Å². The summed E-state index contributed by atoms with van der Waals surface area (Å²) < 4.78 is 28.2. The number of urea groups is 1. The Morgan fingerprint density at radius 2 is 1.93 bits per heavy atom. The first-order valence-electron chi connectivity index (χ1n) is 9.16. The zero-order valence-corrected chi connectivity index (χ0v) is 16.1. The molecule has 28 heavy (non-hydrogen) atoms. The molecule has 0 bridgehead atoms. The van der Waals surface area contributed by atoms with E-state index >= 15 is 0 Å². The van der Waals surface area contributed by atoms with E-state index in [0.29, 0.717) is 0 Å². The second-order valence-electron chi connectivity index (χ2n) is 7.72. The van der Waals surface area contributed by atoms with Gasteiger partial charge in [-0.05, 0) is 51.9 Å². The highest BCUT2D eigenvalue weighted by molar-refractivity contribution is 6.09. The predicted octanol–water partition coefficient (Wildman–Crippen LogP) is 1.40. The summed E-state index contributed by atoms with van der Waals surface area (Å²) in [7, 11) is 3.28. The Hall–Kier alpha value is -2.55. The molecule has 0 spiro atoms. The second-order valence-corrected chi connectivity index (χ2v) is 7.72. The van der Waals surface area contributed by atoms with E-state index in [0.717, 1.165) is 29.9 Å². The van der Waals surface area contributed by atoms with Crippen molar-refractivity contribution >= 4 is 17.8 Å². The van der Waals surface area contributed by atoms with Gasteiger partial charge in [0.1, 0.15) is 23.7 Å². The summed E-state index contributed by atoms with van der Waals surface area (Å²) in [5.41, 5.74) is -1.11. The van der Waals surface area contributed by atoms with Crippen LogP contribution in [-0.2, 0) is 9.59 Å². The summed E-state index contributed by atoms with van der Waals surface area (Å²) in [5, 5.41) is 5.24. The maximum Gasteiger partial charge on any atom is 0.325 e. The van der Waals surface area contributed by atoms with Gasteiger partial charge in [-0.25, -0.2) is 13.6 Å². The minimum Gasteiger partial charge on any atom is -0.353 e. The Kier molecular flexibility index (Phi) is 5.38. The molecule has 7 nitrogen and oxygen atoms in total. The normalized spacial score (nSPS) is 23.1. The van der Waals surface area contributed by atoms with Crippen molar-refractivity contribution in [1.29, 1.82) is 0 Å². The molecular weight excluding hydrogens is 370 g/mol. The molecule has 0 aromatic heterocycles. The fourth-order valence-corrected chi connectivity index (χ4v) is 3.58. The number of carbonyl (C=O) groups excluding carboxylic acids is 3. The highest BCUT2D eigenvalue weighted by atomic mass is 19.1. The van der Waals surface area contributed by atoms with Gasteiger partial charge in [-0.2, -0.15) is 0 Å². The van der Waals surface area contributed by atoms with Gasteiger partial charge < -0.3 is 15.5 Å². The first kappa shape index (κ1) is 20.2. The number of nitrogens with one attached hydrogen (secondary N) is 2. The molecular formula is C19H24F2N4O3. The molecule has 1 aliphatic heterocycles. The van der Waals surface area contributed by atoms with E-state index in [-0.39, 0.29) is 18.0 Å². The molecule has 1 saturated heterocycles. The topological polar surface area (TPSA) is 81.8 Å². The molecule has 2 N–H and O–H groups in total. The highest BCUT2D eigenvalue weighted by Crippen LogP contribution is 2.42. The van der Waals surface area contributed by atoms with Crippen molar-refractivity contribution < 1.29 is 23.2 Å². The average molecular weight is 394 g/mol. The fourth-order valence-electron chi connectivity index (χ4n) is 3.58. The van der Waals surface area contributed by atoms with Crippen LogP contribution in [0.15, 0.2) is 18.2 Å². The summed E-state index contributed by atoms with van der Waals surface area (Å²) >= 11 is 0. The van der Waals surface area contributed by atoms with Crippen LogP contribution in [0.4, 0.5) is 13.6 Å². The Balaban J connectivity index is 1.64. The Morgan fingerprint density at radius 3 is 2.46 bits per heavy atom. The van der Waals surface area contributed by atoms with Crippen LogP contribution in [0.2, 0.25) is 0 Å². The Bertz CT molecular complexity index is 792. The first-order valence-corrected chi connectivity index (χ1v) is 9.16. The Labute approximate surface area is 162 Å². The number of rotatable bonds is 7. The van der Waals surface area contributed by atoms with Gasteiger partial charge in [0.2, 0.25) is 5.91 Å². The maximum absolute atomic E-state index is 14.1. The van der Waals surface area contributed by atoms with E-state index in [4.69, 9.17) is 0 Å². The third-order valence-electron chi connectivity index (χ3n) is 5.45. The Morgan fingerprint density at radius 1 is 1.32 bits per heavy atom. The number of benzene rings is 1. The molecule has 2 unspecified atom stereocenters. The van der Waals surface area contributed by atoms with Crippen molar-refractivity contribution in [1.82, 2.24) is 20.4 Å². The number of imide groups is 1. The van der Waals surface area contributed by atoms with Gasteiger partial charge in [0.25, 0.3) is 5.91 Å². The van der Waals surface area contributed by atoms with Crippen molar-refractivity contribution in [2.24, 2.45) is 5.92 Å². The molecule has 0 radical (unpaired) electrons. The molecule has 1 heterocycles. The van der Waals surface area contributed by atoms with Crippen LogP contribution < -0.4 is 10.6 Å². The molecule has 1 aromatic rings. The van der Waals surface area contributed by atoms with Crippen LogP contribution in [0.1, 0.15) is 31.4 Å². The molecule has 2 fully saturated rings. The fraction of sp³-hybridized carbons (Fsp3) is 0.526. The highest BCUT2D eigenvalue weighted by Gasteiger charge is 2.56. The van der Waals surface area contributed by atoms with Gasteiger partial charge in [0.15, 0.2) is 0 Å². The van der Waals surface area contributed by atoms with Crippen molar-refractivity contribution in [3.63, 3.8) is 0 Å². The molecule has 9 heteroatoms. The third-order valence-corrected chi connectivity index (χ3v) is 5.45. The quantitative estimate of drug-likeness (QED) is 0.685. The molecule has 3 rings (SSSR count). The molecule has 1 aliphatic carbocycles. The van der Waals surface area contributed by atoms with E-state index in [1.165, 1.54) is 6.07 Å². The molecule has 4 amide bonds. The lowest BCUT2D eigenvalue weighted by Gasteiger charge is -2.26. The zero-order chi connectivity index (χ0) is 20.6. The molecule has 2 aliphatic rings. The summed E-state index contributed by atoms with van der Waals surface area (Å²) in [4.78, 5) is 39.5. The summed E-state index contributed by atoms with van der Waals surface area (Å²) in [6.45, 7) is 1.16. The SMILES string of the molecule is CN(C)C(CNC(=O)CN1C(=O)NC(C)(C2CC2)C1=O)c1c(F)cccc1F. The molecule has 1 saturated carbocycles. The minimum atomic E-state index is -0.959. The smallest absolute Gasteiger partial charge is 0.325 e. The van der Waals surface area contributed by atoms with Crippen LogP contribution in [-0.4, -0.2) is 60.4 Å². The van der Waals surface area contributed by atoms with Crippen molar-refractivity contribution in [3.05, 3.63) is 35.4 Å². The average Bonchev–Trinajstić information content (AvgIpc) is 3.43. The third kappa shape index (κ3) is 3.71. The largest absolute Gasteiger partial charge is 0.353 e. The minimum absolute atomic E-state index is 0.0762. The van der Waals surface area contributed by atoms with Crippen LogP contribution in [0.25, 0.3) is 0 Å². The van der Waals surface area contributed by atoms with Crippen molar-refractivity contribution in [3.8, 4) is 0 Å². The van der Waals surface area contributed by atoms with Crippen molar-refractivity contribution in [2.75, 3.05) is 27.2 Å². The van der Waals surface area contributed by atoms with E-state index in [1.54, 1.807) is 25.9 Å². The molecule has 1 aromatic carbocycles. The van der Waals surface area contributed by atoms with Crippen LogP contribution in [0, 0.1) is 17.6 Å². The monoisotopic (exact) mass is 394 g/mol. The van der Waals surface area contributed by atoms with Gasteiger partial charge in [0, 0.05) is 12.1 Å².